The van der Waals surface area contributed by atoms with Gasteiger partial charge in [-0.1, -0.05) is 29.8 Å². The molecule has 0 saturated carbocycles. The maximum atomic E-state index is 12.8. The van der Waals surface area contributed by atoms with Gasteiger partial charge < -0.3 is 15.0 Å². The molecule has 2 aromatic rings. The van der Waals surface area contributed by atoms with Crippen LogP contribution in [0.2, 0.25) is 0 Å². The van der Waals surface area contributed by atoms with Crippen LogP contribution in [0.25, 0.3) is 6.08 Å². The monoisotopic (exact) mass is 391 g/mol. The first-order valence-corrected chi connectivity index (χ1v) is 9.88. The molecular formula is C23H25N3O3. The third-order valence-corrected chi connectivity index (χ3v) is 5.37. The highest BCUT2D eigenvalue weighted by Crippen LogP contribution is 2.30. The van der Waals surface area contributed by atoms with Crippen LogP contribution in [0, 0.1) is 6.92 Å². The lowest BCUT2D eigenvalue weighted by atomic mass is 10.1. The van der Waals surface area contributed by atoms with E-state index in [0.29, 0.717) is 5.75 Å². The van der Waals surface area contributed by atoms with E-state index in [1.54, 1.807) is 13.2 Å². The van der Waals surface area contributed by atoms with Crippen LogP contribution in [0.1, 0.15) is 29.5 Å². The van der Waals surface area contributed by atoms with Crippen LogP contribution in [0.15, 0.2) is 48.2 Å². The predicted octanol–water partition coefficient (Wildman–Crippen LogP) is 3.70. The molecule has 2 aliphatic heterocycles. The number of aryl methyl sites for hydroxylation is 1. The predicted molar refractivity (Wildman–Crippen MR) is 113 cm³/mol. The summed E-state index contributed by atoms with van der Waals surface area (Å²) < 4.78 is 5.54. The molecule has 0 atom stereocenters. The maximum absolute atomic E-state index is 12.8. The molecule has 2 aromatic carbocycles. The topological polar surface area (TPSA) is 61.9 Å². The highest BCUT2D eigenvalue weighted by atomic mass is 16.5. The van der Waals surface area contributed by atoms with Crippen LogP contribution in [-0.4, -0.2) is 37.0 Å². The number of benzene rings is 2. The van der Waals surface area contributed by atoms with Crippen molar-refractivity contribution >= 4 is 23.7 Å². The van der Waals surface area contributed by atoms with E-state index in [9.17, 15) is 9.59 Å². The van der Waals surface area contributed by atoms with E-state index in [1.165, 1.54) is 17.7 Å². The minimum absolute atomic E-state index is 0.245. The Kier molecular flexibility index (Phi) is 5.25. The number of rotatable bonds is 5. The van der Waals surface area contributed by atoms with Gasteiger partial charge in [-0.05, 0) is 43.5 Å². The Morgan fingerprint density at radius 1 is 1.10 bits per heavy atom. The largest absolute Gasteiger partial charge is 0.496 e. The van der Waals surface area contributed by atoms with Crippen LogP contribution in [0.4, 0.5) is 10.5 Å². The summed E-state index contributed by atoms with van der Waals surface area (Å²) in [5.74, 6) is 0.350. The fourth-order valence-electron chi connectivity index (χ4n) is 3.85. The number of nitrogens with one attached hydrogen (secondary N) is 1. The number of hydrogen-bond acceptors (Lipinski definition) is 4. The summed E-state index contributed by atoms with van der Waals surface area (Å²) in [6, 6.07) is 13.3. The molecule has 0 unspecified atom stereocenters. The minimum atomic E-state index is -0.407. The first-order valence-electron chi connectivity index (χ1n) is 9.88. The van der Waals surface area contributed by atoms with Crippen molar-refractivity contribution in [1.29, 1.82) is 0 Å². The molecule has 4 rings (SSSR count). The highest BCUT2D eigenvalue weighted by molar-refractivity contribution is 6.14. The summed E-state index contributed by atoms with van der Waals surface area (Å²) in [5, 5.41) is 2.69. The third-order valence-electron chi connectivity index (χ3n) is 5.37. The Bertz CT molecular complexity index is 977. The van der Waals surface area contributed by atoms with Crippen molar-refractivity contribution in [3.63, 3.8) is 0 Å². The minimum Gasteiger partial charge on any atom is -0.496 e. The molecule has 0 aromatic heterocycles. The summed E-state index contributed by atoms with van der Waals surface area (Å²) >= 11 is 0. The van der Waals surface area contributed by atoms with Crippen molar-refractivity contribution in [1.82, 2.24) is 10.2 Å². The van der Waals surface area contributed by atoms with Gasteiger partial charge in [0, 0.05) is 30.4 Å². The van der Waals surface area contributed by atoms with E-state index in [-0.39, 0.29) is 18.1 Å². The number of carbonyl (C=O) groups is 2. The average Bonchev–Trinajstić information content (AvgIpc) is 3.33. The molecule has 29 heavy (non-hydrogen) atoms. The lowest BCUT2D eigenvalue weighted by Crippen LogP contribution is -2.30. The quantitative estimate of drug-likeness (QED) is 0.624. The molecule has 1 N–H and O–H groups in total. The van der Waals surface area contributed by atoms with E-state index < -0.39 is 6.03 Å². The number of ether oxygens (including phenoxy) is 1. The van der Waals surface area contributed by atoms with E-state index >= 15 is 0 Å². The Balaban J connectivity index is 1.56. The zero-order valence-electron chi connectivity index (χ0n) is 16.8. The SMILES string of the molecule is COc1cc(N2CCCC2)ccc1/C=C1/NC(=O)N(Cc2cccc(C)c2)C1=O. The van der Waals surface area contributed by atoms with Gasteiger partial charge in [0.15, 0.2) is 0 Å². The van der Waals surface area contributed by atoms with Crippen LogP contribution in [0.3, 0.4) is 0 Å². The van der Waals surface area contributed by atoms with Gasteiger partial charge in [0.2, 0.25) is 0 Å². The first-order chi connectivity index (χ1) is 14.0. The van der Waals surface area contributed by atoms with Crippen LogP contribution < -0.4 is 15.0 Å². The molecule has 0 bridgehead atoms. The number of carbonyl (C=O) groups excluding carboxylic acids is 2. The molecule has 2 fully saturated rings. The molecule has 3 amide bonds. The molecule has 6 nitrogen and oxygen atoms in total. The Hall–Kier alpha value is -3.28. The van der Waals surface area contributed by atoms with Gasteiger partial charge in [-0.15, -0.1) is 0 Å². The second kappa shape index (κ2) is 7.99. The summed E-state index contributed by atoms with van der Waals surface area (Å²) in [5.41, 5.74) is 4.14. The van der Waals surface area contributed by atoms with Crippen LogP contribution in [-0.2, 0) is 11.3 Å². The molecule has 2 heterocycles. The Morgan fingerprint density at radius 3 is 2.62 bits per heavy atom. The number of methoxy groups -OCH3 is 1. The lowest BCUT2D eigenvalue weighted by molar-refractivity contribution is -0.123. The van der Waals surface area contributed by atoms with Gasteiger partial charge in [-0.2, -0.15) is 0 Å². The third kappa shape index (κ3) is 3.97. The smallest absolute Gasteiger partial charge is 0.329 e. The summed E-state index contributed by atoms with van der Waals surface area (Å²) in [7, 11) is 1.62. The number of urea groups is 1. The number of imide groups is 1. The van der Waals surface area contributed by atoms with Crippen molar-refractivity contribution in [3.8, 4) is 5.75 Å². The molecule has 150 valence electrons. The number of hydrogen-bond donors (Lipinski definition) is 1. The van der Waals surface area contributed by atoms with E-state index in [1.807, 2.05) is 49.4 Å². The molecule has 0 aliphatic carbocycles. The summed E-state index contributed by atoms with van der Waals surface area (Å²) in [6.45, 7) is 4.33. The number of anilines is 1. The molecule has 6 heteroatoms. The lowest BCUT2D eigenvalue weighted by Gasteiger charge is -2.19. The van der Waals surface area contributed by atoms with Crippen molar-refractivity contribution in [2.45, 2.75) is 26.3 Å². The summed E-state index contributed by atoms with van der Waals surface area (Å²) in [4.78, 5) is 28.7. The van der Waals surface area contributed by atoms with Gasteiger partial charge in [-0.25, -0.2) is 4.79 Å². The van der Waals surface area contributed by atoms with Gasteiger partial charge in [0.25, 0.3) is 5.91 Å². The van der Waals surface area contributed by atoms with Gasteiger partial charge >= 0.3 is 6.03 Å². The fraction of sp³-hybridized carbons (Fsp3) is 0.304. The second-order valence-electron chi connectivity index (χ2n) is 7.49. The fourth-order valence-corrected chi connectivity index (χ4v) is 3.85. The molecule has 2 aliphatic rings. The average molecular weight is 391 g/mol. The van der Waals surface area contributed by atoms with Crippen molar-refractivity contribution < 1.29 is 14.3 Å². The summed E-state index contributed by atoms with van der Waals surface area (Å²) in [6.07, 6.45) is 4.08. The Morgan fingerprint density at radius 2 is 1.90 bits per heavy atom. The van der Waals surface area contributed by atoms with Gasteiger partial charge in [0.1, 0.15) is 11.4 Å². The highest BCUT2D eigenvalue weighted by Gasteiger charge is 2.33. The van der Waals surface area contributed by atoms with Crippen molar-refractivity contribution in [2.75, 3.05) is 25.1 Å². The van der Waals surface area contributed by atoms with Gasteiger partial charge in [0.05, 0.1) is 13.7 Å². The van der Waals surface area contributed by atoms with E-state index in [0.717, 1.165) is 35.5 Å². The number of amides is 3. The molecular weight excluding hydrogens is 366 g/mol. The normalized spacial score (nSPS) is 17.9. The molecule has 0 spiro atoms. The maximum Gasteiger partial charge on any atom is 0.329 e. The van der Waals surface area contributed by atoms with Crippen molar-refractivity contribution in [3.05, 3.63) is 64.9 Å². The van der Waals surface area contributed by atoms with Crippen LogP contribution >= 0.6 is 0 Å². The first kappa shape index (κ1) is 19.1. The van der Waals surface area contributed by atoms with E-state index in [2.05, 4.69) is 10.2 Å². The zero-order valence-corrected chi connectivity index (χ0v) is 16.8. The zero-order chi connectivity index (χ0) is 20.4. The second-order valence-corrected chi connectivity index (χ2v) is 7.49. The van der Waals surface area contributed by atoms with Gasteiger partial charge in [-0.3, -0.25) is 9.69 Å². The van der Waals surface area contributed by atoms with E-state index in [4.69, 9.17) is 4.74 Å². The standard InChI is InChI=1S/C23H25N3O3/c1-16-6-5-7-17(12-16)15-26-22(27)20(24-23(26)28)13-18-8-9-19(14-21(18)29-2)25-10-3-4-11-25/h5-9,12-14H,3-4,10-11,15H2,1-2H3,(H,24,28)/b20-13+. The Labute approximate surface area is 170 Å². The van der Waals surface area contributed by atoms with Crippen molar-refractivity contribution in [2.24, 2.45) is 0 Å². The molecule has 0 radical (unpaired) electrons. The van der Waals surface area contributed by atoms with Crippen LogP contribution in [0.5, 0.6) is 5.75 Å². The number of nitrogens with zero attached hydrogens (tertiary/aromatic N) is 2. The molecule has 2 saturated heterocycles.